The van der Waals surface area contributed by atoms with Crippen LogP contribution >= 0.6 is 11.6 Å². The number of carbonyl (C=O) groups is 1. The molecule has 6 heteroatoms. The summed E-state index contributed by atoms with van der Waals surface area (Å²) in [7, 11) is 0. The predicted molar refractivity (Wildman–Crippen MR) is 109 cm³/mol. The molecule has 0 bridgehead atoms. The Bertz CT molecular complexity index is 836. The molecule has 4 rings (SSSR count). The lowest BCUT2D eigenvalue weighted by molar-refractivity contribution is 0.144. The summed E-state index contributed by atoms with van der Waals surface area (Å²) in [5.74, 6) is 0. The van der Waals surface area contributed by atoms with Crippen molar-refractivity contribution in [2.75, 3.05) is 23.3 Å². The lowest BCUT2D eigenvalue weighted by Gasteiger charge is -2.29. The molecule has 1 aliphatic heterocycles. The fourth-order valence-electron chi connectivity index (χ4n) is 4.03. The molecular weight excluding hydrogens is 362 g/mol. The number of fused-ring (bicyclic) bond motifs is 1. The Morgan fingerprint density at radius 3 is 2.67 bits per heavy atom. The molecule has 2 aromatic rings. The average Bonchev–Trinajstić information content (AvgIpc) is 2.98. The fourth-order valence-corrected chi connectivity index (χ4v) is 4.33. The van der Waals surface area contributed by atoms with Crippen LogP contribution in [0.5, 0.6) is 0 Å². The molecule has 1 saturated heterocycles. The van der Waals surface area contributed by atoms with Gasteiger partial charge in [-0.05, 0) is 48.6 Å². The van der Waals surface area contributed by atoms with Gasteiger partial charge < -0.3 is 20.6 Å². The maximum atomic E-state index is 12.4. The molecule has 1 aliphatic carbocycles. The number of urea groups is 1. The molecule has 1 heterocycles. The molecule has 0 radical (unpaired) electrons. The van der Waals surface area contributed by atoms with Crippen LogP contribution in [0.3, 0.4) is 0 Å². The van der Waals surface area contributed by atoms with Crippen LogP contribution in [0.25, 0.3) is 0 Å². The number of amides is 2. The Hall–Kier alpha value is -2.24. The zero-order valence-electron chi connectivity index (χ0n) is 15.1. The van der Waals surface area contributed by atoms with Crippen molar-refractivity contribution < 1.29 is 9.90 Å². The van der Waals surface area contributed by atoms with E-state index in [2.05, 4.69) is 15.5 Å². The predicted octanol–water partition coefficient (Wildman–Crippen LogP) is 4.11. The Labute approximate surface area is 164 Å². The van der Waals surface area contributed by atoms with Gasteiger partial charge in [-0.2, -0.15) is 0 Å². The van der Waals surface area contributed by atoms with Gasteiger partial charge in [0.15, 0.2) is 0 Å². The molecule has 142 valence electrons. The summed E-state index contributed by atoms with van der Waals surface area (Å²) in [5, 5.41) is 16.6. The minimum absolute atomic E-state index is 0.349. The van der Waals surface area contributed by atoms with Crippen molar-refractivity contribution in [2.24, 2.45) is 0 Å². The van der Waals surface area contributed by atoms with Crippen molar-refractivity contribution in [3.05, 3.63) is 58.6 Å². The van der Waals surface area contributed by atoms with E-state index in [1.807, 2.05) is 36.4 Å². The Kier molecular flexibility index (Phi) is 5.23. The number of anilines is 2. The number of hydrogen-bond donors (Lipinski definition) is 3. The van der Waals surface area contributed by atoms with Crippen molar-refractivity contribution in [3.63, 3.8) is 0 Å². The van der Waals surface area contributed by atoms with Crippen LogP contribution in [0.15, 0.2) is 42.5 Å². The third-order valence-electron chi connectivity index (χ3n) is 5.39. The Balaban J connectivity index is 1.42. The molecule has 2 aliphatic rings. The number of hydrogen-bond acceptors (Lipinski definition) is 3. The minimum atomic E-state index is -0.613. The number of rotatable bonds is 3. The van der Waals surface area contributed by atoms with Gasteiger partial charge in [0.1, 0.15) is 0 Å². The van der Waals surface area contributed by atoms with Gasteiger partial charge in [0.05, 0.1) is 22.9 Å². The zero-order valence-corrected chi connectivity index (χ0v) is 15.9. The summed E-state index contributed by atoms with van der Waals surface area (Å²) in [4.78, 5) is 14.7. The summed E-state index contributed by atoms with van der Waals surface area (Å²) in [6.45, 7) is 2.04. The van der Waals surface area contributed by atoms with E-state index in [9.17, 15) is 9.90 Å². The first-order chi connectivity index (χ1) is 13.1. The number of nitrogens with zero attached hydrogens (tertiary/aromatic N) is 1. The number of benzene rings is 2. The van der Waals surface area contributed by atoms with Gasteiger partial charge in [-0.15, -0.1) is 0 Å². The van der Waals surface area contributed by atoms with Crippen LogP contribution < -0.4 is 15.5 Å². The normalized spacial score (nSPS) is 21.6. The van der Waals surface area contributed by atoms with Crippen LogP contribution in [-0.2, 0) is 6.42 Å². The maximum Gasteiger partial charge on any atom is 0.319 e. The van der Waals surface area contributed by atoms with E-state index in [-0.39, 0.29) is 6.03 Å². The summed E-state index contributed by atoms with van der Waals surface area (Å²) in [5.41, 5.74) is 3.70. The van der Waals surface area contributed by atoms with E-state index in [4.69, 9.17) is 11.6 Å². The van der Waals surface area contributed by atoms with Crippen molar-refractivity contribution in [1.29, 1.82) is 0 Å². The number of aliphatic hydroxyl groups excluding tert-OH is 1. The molecule has 2 amide bonds. The summed E-state index contributed by atoms with van der Waals surface area (Å²) in [6, 6.07) is 12.7. The molecule has 2 aromatic carbocycles. The highest BCUT2D eigenvalue weighted by Crippen LogP contribution is 2.32. The topological polar surface area (TPSA) is 64.6 Å². The largest absolute Gasteiger partial charge is 0.390 e. The highest BCUT2D eigenvalue weighted by Gasteiger charge is 2.31. The molecular formula is C21H24ClN3O2. The van der Waals surface area contributed by atoms with Crippen LogP contribution in [0.4, 0.5) is 16.2 Å². The SMILES string of the molecule is O=C(Nc1ccc(N2CCCCC2)c(Cl)c1)N[C@@H]1c2ccccc2C[C@@H]1O. The first-order valence-electron chi connectivity index (χ1n) is 9.50. The smallest absolute Gasteiger partial charge is 0.319 e. The van der Waals surface area contributed by atoms with Crippen LogP contribution in [0, 0.1) is 0 Å². The third kappa shape index (κ3) is 3.89. The van der Waals surface area contributed by atoms with E-state index in [0.29, 0.717) is 17.1 Å². The molecule has 1 fully saturated rings. The maximum absolute atomic E-state index is 12.4. The van der Waals surface area contributed by atoms with E-state index >= 15 is 0 Å². The Morgan fingerprint density at radius 1 is 1.11 bits per heavy atom. The van der Waals surface area contributed by atoms with E-state index in [1.54, 1.807) is 6.07 Å². The van der Waals surface area contributed by atoms with E-state index < -0.39 is 12.1 Å². The monoisotopic (exact) mass is 385 g/mol. The van der Waals surface area contributed by atoms with Gasteiger partial charge >= 0.3 is 6.03 Å². The first-order valence-corrected chi connectivity index (χ1v) is 9.87. The van der Waals surface area contributed by atoms with Gasteiger partial charge in [-0.3, -0.25) is 0 Å². The number of aliphatic hydroxyl groups is 1. The number of piperidine rings is 1. The van der Waals surface area contributed by atoms with Gasteiger partial charge in [0, 0.05) is 25.2 Å². The summed E-state index contributed by atoms with van der Waals surface area (Å²) in [6.07, 6.45) is 3.58. The van der Waals surface area contributed by atoms with Gasteiger partial charge in [0.2, 0.25) is 0 Å². The van der Waals surface area contributed by atoms with E-state index in [1.165, 1.54) is 19.3 Å². The molecule has 0 aromatic heterocycles. The molecule has 0 saturated carbocycles. The second-order valence-corrected chi connectivity index (χ2v) is 7.67. The van der Waals surface area contributed by atoms with Crippen LogP contribution in [0.2, 0.25) is 5.02 Å². The van der Waals surface area contributed by atoms with Gasteiger partial charge in [-0.25, -0.2) is 4.79 Å². The fraction of sp³-hybridized carbons (Fsp3) is 0.381. The highest BCUT2D eigenvalue weighted by molar-refractivity contribution is 6.33. The number of carbonyl (C=O) groups excluding carboxylic acids is 1. The number of halogens is 1. The van der Waals surface area contributed by atoms with Crippen molar-refractivity contribution >= 4 is 29.0 Å². The third-order valence-corrected chi connectivity index (χ3v) is 5.70. The molecule has 0 unspecified atom stereocenters. The van der Waals surface area contributed by atoms with Crippen LogP contribution in [-0.4, -0.2) is 30.3 Å². The lowest BCUT2D eigenvalue weighted by Crippen LogP contribution is -2.36. The van der Waals surface area contributed by atoms with Gasteiger partial charge in [-0.1, -0.05) is 35.9 Å². The summed E-state index contributed by atoms with van der Waals surface area (Å²) < 4.78 is 0. The number of nitrogens with one attached hydrogen (secondary N) is 2. The van der Waals surface area contributed by atoms with Crippen molar-refractivity contribution in [2.45, 2.75) is 37.8 Å². The molecule has 5 nitrogen and oxygen atoms in total. The first kappa shape index (κ1) is 18.1. The van der Waals surface area contributed by atoms with Crippen LogP contribution in [0.1, 0.15) is 36.4 Å². The zero-order chi connectivity index (χ0) is 18.8. The molecule has 27 heavy (non-hydrogen) atoms. The highest BCUT2D eigenvalue weighted by atomic mass is 35.5. The standard InChI is InChI=1S/C21H24ClN3O2/c22-17-13-15(8-9-18(17)25-10-4-1-5-11-25)23-21(27)24-20-16-7-3-2-6-14(16)12-19(20)26/h2-3,6-9,13,19-20,26H,1,4-5,10-12H2,(H2,23,24,27)/t19-,20+/m0/s1. The van der Waals surface area contributed by atoms with Gasteiger partial charge in [0.25, 0.3) is 0 Å². The molecule has 2 atom stereocenters. The second kappa shape index (κ2) is 7.79. The lowest BCUT2D eigenvalue weighted by atomic mass is 10.1. The molecule has 3 N–H and O–H groups in total. The average molecular weight is 386 g/mol. The second-order valence-electron chi connectivity index (χ2n) is 7.26. The minimum Gasteiger partial charge on any atom is -0.390 e. The van der Waals surface area contributed by atoms with Crippen molar-refractivity contribution in [3.8, 4) is 0 Å². The molecule has 0 spiro atoms. The van der Waals surface area contributed by atoms with Crippen molar-refractivity contribution in [1.82, 2.24) is 5.32 Å². The quantitative estimate of drug-likeness (QED) is 0.745. The van der Waals surface area contributed by atoms with E-state index in [0.717, 1.165) is 29.9 Å². The summed E-state index contributed by atoms with van der Waals surface area (Å²) >= 11 is 6.45. The Morgan fingerprint density at radius 2 is 1.89 bits per heavy atom.